The summed E-state index contributed by atoms with van der Waals surface area (Å²) in [6, 6.07) is 20.1. The Kier molecular flexibility index (Phi) is 8.81. The van der Waals surface area contributed by atoms with Gasteiger partial charge in [0.05, 0.1) is 11.4 Å². The zero-order chi connectivity index (χ0) is 31.1. The highest BCUT2D eigenvalue weighted by Crippen LogP contribution is 2.18. The number of aliphatic imine (C=N–C) groups is 2. The first-order valence-electron chi connectivity index (χ1n) is 13.6. The predicted molar refractivity (Wildman–Crippen MR) is 168 cm³/mol. The van der Waals surface area contributed by atoms with Gasteiger partial charge in [0, 0.05) is 34.4 Å². The summed E-state index contributed by atoms with van der Waals surface area (Å²) in [7, 11) is 3.75. The second-order valence-corrected chi connectivity index (χ2v) is 9.97. The molecule has 0 atom stereocenters. The molecule has 0 unspecified atom stereocenters. The largest absolute Gasteiger partial charge is 0.494 e. The lowest BCUT2D eigenvalue weighted by molar-refractivity contribution is -0.670. The van der Waals surface area contributed by atoms with Crippen LogP contribution in [0.1, 0.15) is 26.3 Å². The van der Waals surface area contributed by atoms with Crippen LogP contribution in [0.15, 0.2) is 143 Å². The topological polar surface area (TPSA) is 131 Å². The van der Waals surface area contributed by atoms with E-state index in [9.17, 15) is 19.8 Å². The van der Waals surface area contributed by atoms with Crippen LogP contribution in [0.4, 0.5) is 17.1 Å². The number of hydrogen-bond acceptors (Lipinski definition) is 5. The number of amides is 2. The Morgan fingerprint density at radius 1 is 0.705 bits per heavy atom. The van der Waals surface area contributed by atoms with Crippen LogP contribution in [0.5, 0.6) is 0 Å². The minimum absolute atomic E-state index is 0.0254. The van der Waals surface area contributed by atoms with E-state index in [1.165, 1.54) is 0 Å². The zero-order valence-electron chi connectivity index (χ0n) is 24.0. The first kappa shape index (κ1) is 29.3. The van der Waals surface area contributed by atoms with Crippen molar-refractivity contribution in [3.05, 3.63) is 150 Å². The molecule has 1 aliphatic rings. The summed E-state index contributed by atoms with van der Waals surface area (Å²) >= 11 is 0. The third-order valence-electron chi connectivity index (χ3n) is 6.50. The number of aliphatic hydroxyl groups excluding tert-OH is 2. The number of nitrogens with zero attached hydrogens (tertiary/aromatic N) is 4. The number of nitrogens with one attached hydrogen (secondary N) is 2. The van der Waals surface area contributed by atoms with Crippen LogP contribution in [0.3, 0.4) is 0 Å². The molecular weight excluding hydrogens is 556 g/mol. The van der Waals surface area contributed by atoms with Crippen molar-refractivity contribution >= 4 is 40.5 Å². The van der Waals surface area contributed by atoms with Crippen molar-refractivity contribution in [3.63, 3.8) is 0 Å². The van der Waals surface area contributed by atoms with Gasteiger partial charge in [-0.25, -0.2) is 19.1 Å². The van der Waals surface area contributed by atoms with Crippen molar-refractivity contribution in [1.29, 1.82) is 0 Å². The molecule has 0 saturated carbocycles. The lowest BCUT2D eigenvalue weighted by atomic mass is 10.1. The summed E-state index contributed by atoms with van der Waals surface area (Å²) in [5, 5.41) is 26.8. The van der Waals surface area contributed by atoms with Crippen molar-refractivity contribution in [2.24, 2.45) is 24.1 Å². The number of rotatable bonds is 7. The van der Waals surface area contributed by atoms with Gasteiger partial charge >= 0.3 is 0 Å². The molecule has 1 aliphatic carbocycles. The van der Waals surface area contributed by atoms with Crippen molar-refractivity contribution in [3.8, 4) is 0 Å². The zero-order valence-corrected chi connectivity index (χ0v) is 24.0. The minimum Gasteiger partial charge on any atom is -0.494 e. The van der Waals surface area contributed by atoms with Crippen LogP contribution in [-0.2, 0) is 14.1 Å². The lowest BCUT2D eigenvalue weighted by Gasteiger charge is -2.08. The van der Waals surface area contributed by atoms with Crippen molar-refractivity contribution in [1.82, 2.24) is 0 Å². The van der Waals surface area contributed by atoms with E-state index in [-0.39, 0.29) is 17.7 Å². The Labute approximate surface area is 254 Å². The summed E-state index contributed by atoms with van der Waals surface area (Å²) in [6.07, 6.45) is 14.0. The highest BCUT2D eigenvalue weighted by Gasteiger charge is 2.12. The van der Waals surface area contributed by atoms with Crippen molar-refractivity contribution in [2.45, 2.75) is 0 Å². The number of aryl methyl sites for hydroxylation is 2. The average molecular weight is 587 g/mol. The van der Waals surface area contributed by atoms with E-state index in [2.05, 4.69) is 20.6 Å². The SMILES string of the molecule is C[n+]1cccc(NC(=O)c2cccc(N=C(O)c3ccc(C(=O)N=C4C=CC(=C(O)Nc5ccc[n+](C)c5)C=C4)cc3)c2)c1. The van der Waals surface area contributed by atoms with E-state index >= 15 is 0 Å². The maximum absolute atomic E-state index is 12.8. The normalized spacial score (nSPS) is 12.5. The molecule has 0 saturated heterocycles. The Morgan fingerprint density at radius 2 is 1.32 bits per heavy atom. The number of aliphatic hydroxyl groups is 2. The molecule has 44 heavy (non-hydrogen) atoms. The van der Waals surface area contributed by atoms with Gasteiger partial charge in [0.2, 0.25) is 5.90 Å². The summed E-state index contributed by atoms with van der Waals surface area (Å²) in [4.78, 5) is 33.8. The van der Waals surface area contributed by atoms with Crippen LogP contribution in [0, 0.1) is 0 Å². The van der Waals surface area contributed by atoms with Gasteiger partial charge in [-0.05, 0) is 78.9 Å². The van der Waals surface area contributed by atoms with Gasteiger partial charge in [-0.2, -0.15) is 0 Å². The smallest absolute Gasteiger partial charge is 0.277 e. The fraction of sp³-hybridized carbons (Fsp3) is 0.0588. The van der Waals surface area contributed by atoms with Crippen molar-refractivity contribution < 1.29 is 28.9 Å². The maximum atomic E-state index is 12.8. The number of carbonyl (C=O) groups excluding carboxylic acids is 2. The third-order valence-corrected chi connectivity index (χ3v) is 6.50. The Balaban J connectivity index is 1.22. The quantitative estimate of drug-likeness (QED) is 0.107. The highest BCUT2D eigenvalue weighted by molar-refractivity contribution is 6.14. The average Bonchev–Trinajstić information content (AvgIpc) is 3.01. The third kappa shape index (κ3) is 7.56. The molecule has 0 spiro atoms. The number of anilines is 2. The minimum atomic E-state index is -0.463. The van der Waals surface area contributed by atoms with Gasteiger partial charge in [0.1, 0.15) is 25.5 Å². The molecule has 4 aromatic rings. The first-order valence-corrected chi connectivity index (χ1v) is 13.6. The summed E-state index contributed by atoms with van der Waals surface area (Å²) in [5.74, 6) is -1.06. The molecule has 2 aromatic heterocycles. The second kappa shape index (κ2) is 13.2. The number of hydrogen-bond donors (Lipinski definition) is 4. The molecule has 5 rings (SSSR count). The van der Waals surface area contributed by atoms with E-state index in [1.807, 2.05) is 60.0 Å². The molecule has 2 amide bonds. The molecule has 0 radical (unpaired) electrons. The molecule has 4 N–H and O–H groups in total. The van der Waals surface area contributed by atoms with Crippen LogP contribution < -0.4 is 19.8 Å². The maximum Gasteiger partial charge on any atom is 0.277 e. The van der Waals surface area contributed by atoms with E-state index < -0.39 is 5.91 Å². The van der Waals surface area contributed by atoms with Gasteiger partial charge in [0.15, 0.2) is 30.7 Å². The fourth-order valence-electron chi connectivity index (χ4n) is 4.28. The van der Waals surface area contributed by atoms with Crippen LogP contribution in [0.2, 0.25) is 0 Å². The number of aromatic nitrogens is 2. The molecule has 2 aromatic carbocycles. The van der Waals surface area contributed by atoms with Gasteiger partial charge in [-0.1, -0.05) is 6.07 Å². The molecule has 218 valence electrons. The Hall–Kier alpha value is -6.16. The van der Waals surface area contributed by atoms with E-state index in [0.717, 1.165) is 5.69 Å². The summed E-state index contributed by atoms with van der Waals surface area (Å²) in [6.45, 7) is 0. The van der Waals surface area contributed by atoms with E-state index in [1.54, 1.807) is 85.1 Å². The van der Waals surface area contributed by atoms with Gasteiger partial charge in [-0.15, -0.1) is 0 Å². The van der Waals surface area contributed by atoms with Crippen LogP contribution in [-0.4, -0.2) is 33.6 Å². The second-order valence-electron chi connectivity index (χ2n) is 9.97. The first-order chi connectivity index (χ1) is 21.2. The fourth-order valence-corrected chi connectivity index (χ4v) is 4.28. The van der Waals surface area contributed by atoms with Crippen LogP contribution >= 0.6 is 0 Å². The number of allylic oxidation sites excluding steroid dienone is 5. The van der Waals surface area contributed by atoms with Crippen molar-refractivity contribution in [2.75, 3.05) is 10.6 Å². The summed E-state index contributed by atoms with van der Waals surface area (Å²) in [5.41, 5.74) is 3.84. The predicted octanol–water partition coefficient (Wildman–Crippen LogP) is 4.81. The van der Waals surface area contributed by atoms with Gasteiger partial charge in [-0.3, -0.25) is 9.59 Å². The molecule has 0 bridgehead atoms. The monoisotopic (exact) mass is 586 g/mol. The van der Waals surface area contributed by atoms with Gasteiger partial charge in [0.25, 0.3) is 11.8 Å². The lowest BCUT2D eigenvalue weighted by Crippen LogP contribution is -2.27. The Bertz CT molecular complexity index is 1870. The summed E-state index contributed by atoms with van der Waals surface area (Å²) < 4.78 is 3.69. The highest BCUT2D eigenvalue weighted by atomic mass is 16.3. The van der Waals surface area contributed by atoms with E-state index in [4.69, 9.17) is 0 Å². The van der Waals surface area contributed by atoms with Gasteiger partial charge < -0.3 is 20.8 Å². The molecule has 0 aliphatic heterocycles. The Morgan fingerprint density at radius 3 is 1.95 bits per heavy atom. The standard InChI is InChI=1S/C34H28N6O4/c1-39-18-4-8-29(21-39)37-33(43)25-14-16-27(17-15-25)35-31(41)23-10-12-24(13-11-23)32(42)36-28-7-3-6-26(20-28)34(44)38-30-9-5-19-40(2)22-30/h3-22H,1-2H3,(H2-2,35,36,37,38,41,42,43,44)/p+2. The molecular formula is C34H30N6O4+2. The van der Waals surface area contributed by atoms with E-state index in [0.29, 0.717) is 39.3 Å². The number of benzene rings is 2. The molecule has 2 heterocycles. The molecule has 10 heteroatoms. The number of carbonyl (C=O) groups is 2. The molecule has 10 nitrogen and oxygen atoms in total. The van der Waals surface area contributed by atoms with Crippen LogP contribution in [0.25, 0.3) is 0 Å². The number of pyridine rings is 2. The molecule has 0 fully saturated rings.